The molecular weight excluding hydrogens is 450 g/mol. The lowest BCUT2D eigenvalue weighted by Gasteiger charge is -2.28. The normalized spacial score (nSPS) is 18.4. The number of thioether (sulfide) groups is 1. The molecule has 172 valence electrons. The van der Waals surface area contributed by atoms with E-state index in [2.05, 4.69) is 61.4 Å². The van der Waals surface area contributed by atoms with Gasteiger partial charge in [-0.1, -0.05) is 11.8 Å². The zero-order valence-electron chi connectivity index (χ0n) is 18.3. The molecule has 5 aromatic heterocycles. The Kier molecular flexibility index (Phi) is 5.63. The van der Waals surface area contributed by atoms with Gasteiger partial charge in [0.2, 0.25) is 11.9 Å². The van der Waals surface area contributed by atoms with Gasteiger partial charge in [-0.25, -0.2) is 19.9 Å². The SMILES string of the molecule is c1cnc(Nc2nnc(SC[C@H]3CC[C@@H](n4cc(-c5ncnc6[nH]ccc56)cn4)CC3)[nH]2)nc1. The van der Waals surface area contributed by atoms with Crippen molar-refractivity contribution in [2.75, 3.05) is 11.1 Å². The number of nitrogens with zero attached hydrogens (tertiary/aromatic N) is 8. The molecule has 0 radical (unpaired) electrons. The Balaban J connectivity index is 1.02. The van der Waals surface area contributed by atoms with Gasteiger partial charge in [0.1, 0.15) is 12.0 Å². The fraction of sp³-hybridized carbons (Fsp3) is 0.318. The number of anilines is 2. The van der Waals surface area contributed by atoms with Gasteiger partial charge in [-0.05, 0) is 43.7 Å². The third kappa shape index (κ3) is 4.36. The van der Waals surface area contributed by atoms with Crippen LogP contribution in [0.15, 0.2) is 54.6 Å². The molecule has 3 N–H and O–H groups in total. The maximum atomic E-state index is 4.66. The lowest BCUT2D eigenvalue weighted by atomic mass is 9.87. The second kappa shape index (κ2) is 9.21. The predicted molar refractivity (Wildman–Crippen MR) is 129 cm³/mol. The van der Waals surface area contributed by atoms with Gasteiger partial charge in [0.15, 0.2) is 5.16 Å². The monoisotopic (exact) mass is 473 g/mol. The molecule has 1 aliphatic rings. The minimum absolute atomic E-state index is 0.422. The van der Waals surface area contributed by atoms with Gasteiger partial charge in [0, 0.05) is 41.5 Å². The molecule has 1 fully saturated rings. The van der Waals surface area contributed by atoms with Crippen molar-refractivity contribution in [2.45, 2.75) is 36.9 Å². The molecule has 0 spiro atoms. The first kappa shape index (κ1) is 20.8. The van der Waals surface area contributed by atoms with Crippen LogP contribution in [0.3, 0.4) is 0 Å². The lowest BCUT2D eigenvalue weighted by Crippen LogP contribution is -2.19. The summed E-state index contributed by atoms with van der Waals surface area (Å²) in [6.45, 7) is 0. The number of aromatic amines is 2. The van der Waals surface area contributed by atoms with Crippen molar-refractivity contribution in [1.29, 1.82) is 0 Å². The first-order valence-corrected chi connectivity index (χ1v) is 12.2. The third-order valence-electron chi connectivity index (χ3n) is 6.14. The van der Waals surface area contributed by atoms with Gasteiger partial charge in [-0.3, -0.25) is 10.00 Å². The van der Waals surface area contributed by atoms with Crippen molar-refractivity contribution < 1.29 is 0 Å². The van der Waals surface area contributed by atoms with E-state index in [0.29, 0.717) is 23.9 Å². The van der Waals surface area contributed by atoms with Gasteiger partial charge < -0.3 is 9.97 Å². The van der Waals surface area contributed by atoms with Crippen LogP contribution < -0.4 is 5.32 Å². The minimum atomic E-state index is 0.422. The van der Waals surface area contributed by atoms with Crippen LogP contribution in [-0.4, -0.2) is 55.6 Å². The van der Waals surface area contributed by atoms with E-state index in [4.69, 9.17) is 0 Å². The van der Waals surface area contributed by atoms with E-state index in [1.807, 2.05) is 18.5 Å². The van der Waals surface area contributed by atoms with Crippen LogP contribution in [0.1, 0.15) is 31.7 Å². The van der Waals surface area contributed by atoms with Gasteiger partial charge >= 0.3 is 0 Å². The van der Waals surface area contributed by atoms with Crippen LogP contribution in [0.25, 0.3) is 22.3 Å². The fourth-order valence-corrected chi connectivity index (χ4v) is 5.37. The second-order valence-electron chi connectivity index (χ2n) is 8.33. The standard InChI is InChI=1S/C22H23N11S/c1-7-24-20(25-8-1)29-21-30-22(32-31-21)34-12-14-2-4-16(5-3-14)33-11-15(10-28-33)18-17-6-9-23-19(17)27-13-26-18/h1,6-11,13-14,16H,2-5,12H2,(H,23,26,27)(H2,24,25,29,30,31,32)/t14-,16+. The van der Waals surface area contributed by atoms with Gasteiger partial charge in [0.25, 0.3) is 0 Å². The Morgan fingerprint density at radius 1 is 1.06 bits per heavy atom. The fourth-order valence-electron chi connectivity index (χ4n) is 4.37. The summed E-state index contributed by atoms with van der Waals surface area (Å²) in [7, 11) is 0. The molecule has 34 heavy (non-hydrogen) atoms. The predicted octanol–water partition coefficient (Wildman–Crippen LogP) is 4.00. The average molecular weight is 474 g/mol. The molecule has 1 saturated carbocycles. The Morgan fingerprint density at radius 3 is 2.82 bits per heavy atom. The molecular formula is C22H23N11S. The van der Waals surface area contributed by atoms with Crippen molar-refractivity contribution >= 4 is 34.7 Å². The van der Waals surface area contributed by atoms with E-state index in [1.54, 1.807) is 36.5 Å². The molecule has 1 aliphatic carbocycles. The Bertz CT molecular complexity index is 1370. The highest BCUT2D eigenvalue weighted by atomic mass is 32.2. The van der Waals surface area contributed by atoms with E-state index in [9.17, 15) is 0 Å². The molecule has 0 atom stereocenters. The zero-order chi connectivity index (χ0) is 22.7. The van der Waals surface area contributed by atoms with Gasteiger partial charge in [-0.15, -0.1) is 10.2 Å². The number of fused-ring (bicyclic) bond motifs is 1. The van der Waals surface area contributed by atoms with Gasteiger partial charge in [-0.2, -0.15) is 5.10 Å². The Hall–Kier alpha value is -3.80. The maximum Gasteiger partial charge on any atom is 0.229 e. The number of aromatic nitrogens is 10. The molecule has 0 bridgehead atoms. The van der Waals surface area contributed by atoms with Crippen LogP contribution in [-0.2, 0) is 0 Å². The molecule has 6 rings (SSSR count). The number of hydrogen-bond acceptors (Lipinski definition) is 9. The van der Waals surface area contributed by atoms with E-state index >= 15 is 0 Å². The molecule has 0 aromatic carbocycles. The highest BCUT2D eigenvalue weighted by molar-refractivity contribution is 7.99. The van der Waals surface area contributed by atoms with E-state index in [-0.39, 0.29) is 0 Å². The smallest absolute Gasteiger partial charge is 0.229 e. The highest BCUT2D eigenvalue weighted by Crippen LogP contribution is 2.35. The molecule has 0 saturated heterocycles. The lowest BCUT2D eigenvalue weighted by molar-refractivity contribution is 0.277. The summed E-state index contributed by atoms with van der Waals surface area (Å²) in [4.78, 5) is 23.4. The summed E-state index contributed by atoms with van der Waals surface area (Å²) >= 11 is 1.71. The number of nitrogens with one attached hydrogen (secondary N) is 3. The first-order chi connectivity index (χ1) is 16.8. The summed E-state index contributed by atoms with van der Waals surface area (Å²) in [5.74, 6) is 2.71. The summed E-state index contributed by atoms with van der Waals surface area (Å²) in [6, 6.07) is 4.20. The second-order valence-corrected chi connectivity index (χ2v) is 9.34. The van der Waals surface area contributed by atoms with E-state index < -0.39 is 0 Å². The maximum absolute atomic E-state index is 4.66. The zero-order valence-corrected chi connectivity index (χ0v) is 19.1. The summed E-state index contributed by atoms with van der Waals surface area (Å²) in [6.07, 6.45) is 15.4. The van der Waals surface area contributed by atoms with E-state index in [0.717, 1.165) is 46.0 Å². The van der Waals surface area contributed by atoms with Crippen molar-refractivity contribution in [1.82, 2.24) is 49.9 Å². The molecule has 12 heteroatoms. The molecule has 5 aromatic rings. The summed E-state index contributed by atoms with van der Waals surface area (Å²) in [5.41, 5.74) is 2.79. The molecule has 11 nitrogen and oxygen atoms in total. The van der Waals surface area contributed by atoms with E-state index in [1.165, 1.54) is 12.8 Å². The van der Waals surface area contributed by atoms with Crippen LogP contribution in [0.2, 0.25) is 0 Å². The van der Waals surface area contributed by atoms with Gasteiger partial charge in [0.05, 0.1) is 17.9 Å². The topological polar surface area (TPSA) is 139 Å². The van der Waals surface area contributed by atoms with Crippen LogP contribution in [0.4, 0.5) is 11.9 Å². The van der Waals surface area contributed by atoms with Crippen molar-refractivity contribution in [2.24, 2.45) is 5.92 Å². The highest BCUT2D eigenvalue weighted by Gasteiger charge is 2.24. The van der Waals surface area contributed by atoms with Crippen molar-refractivity contribution in [3.05, 3.63) is 49.4 Å². The summed E-state index contributed by atoms with van der Waals surface area (Å²) < 4.78 is 2.11. The average Bonchev–Trinajstić information content (AvgIpc) is 3.64. The minimum Gasteiger partial charge on any atom is -0.346 e. The molecule has 0 amide bonds. The Labute approximate surface area is 199 Å². The Morgan fingerprint density at radius 2 is 1.94 bits per heavy atom. The molecule has 0 unspecified atom stereocenters. The molecule has 5 heterocycles. The largest absolute Gasteiger partial charge is 0.346 e. The van der Waals surface area contributed by atoms with Crippen LogP contribution in [0.5, 0.6) is 0 Å². The number of hydrogen-bond donors (Lipinski definition) is 3. The van der Waals surface area contributed by atoms with Crippen molar-refractivity contribution in [3.8, 4) is 11.3 Å². The first-order valence-electron chi connectivity index (χ1n) is 11.2. The number of H-pyrrole nitrogens is 2. The van der Waals surface area contributed by atoms with Crippen molar-refractivity contribution in [3.63, 3.8) is 0 Å². The quantitative estimate of drug-likeness (QED) is 0.299. The molecule has 0 aliphatic heterocycles. The third-order valence-corrected chi connectivity index (χ3v) is 7.23. The van der Waals surface area contributed by atoms with Crippen LogP contribution >= 0.6 is 11.8 Å². The number of rotatable bonds is 7. The summed E-state index contributed by atoms with van der Waals surface area (Å²) in [5, 5.41) is 17.9. The van der Waals surface area contributed by atoms with Crippen LogP contribution in [0, 0.1) is 5.92 Å².